The highest BCUT2D eigenvalue weighted by atomic mass is 32.2. The third kappa shape index (κ3) is 4.63. The molecule has 0 aliphatic heterocycles. The van der Waals surface area contributed by atoms with Gasteiger partial charge in [-0.25, -0.2) is 17.9 Å². The van der Waals surface area contributed by atoms with Crippen LogP contribution in [0.3, 0.4) is 0 Å². The molecule has 0 radical (unpaired) electrons. The topological polar surface area (TPSA) is 117 Å². The molecule has 4 aromatic rings. The van der Waals surface area contributed by atoms with Crippen molar-refractivity contribution in [3.8, 4) is 11.3 Å². The van der Waals surface area contributed by atoms with Gasteiger partial charge in [-0.1, -0.05) is 42.5 Å². The van der Waals surface area contributed by atoms with E-state index >= 15 is 0 Å². The van der Waals surface area contributed by atoms with Crippen LogP contribution in [0.5, 0.6) is 0 Å². The van der Waals surface area contributed by atoms with Crippen molar-refractivity contribution in [1.82, 2.24) is 0 Å². The second kappa shape index (κ2) is 8.67. The third-order valence-corrected chi connectivity index (χ3v) is 6.23. The van der Waals surface area contributed by atoms with Crippen LogP contribution in [0.25, 0.3) is 28.4 Å². The van der Waals surface area contributed by atoms with E-state index in [4.69, 9.17) is 9.56 Å². The Balaban J connectivity index is 1.63. The first-order valence-electron chi connectivity index (χ1n) is 9.20. The zero-order valence-electron chi connectivity index (χ0n) is 16.3. The number of anilines is 1. The van der Waals surface area contributed by atoms with E-state index in [1.807, 2.05) is 42.5 Å². The lowest BCUT2D eigenvalue weighted by atomic mass is 10.1. The Morgan fingerprint density at radius 2 is 1.75 bits per heavy atom. The summed E-state index contributed by atoms with van der Waals surface area (Å²) in [6, 6.07) is 19.3. The van der Waals surface area contributed by atoms with Crippen molar-refractivity contribution in [2.24, 2.45) is 5.14 Å². The van der Waals surface area contributed by atoms with Crippen LogP contribution < -0.4 is 9.44 Å². The maximum atomic E-state index is 13.5. The fraction of sp³-hybridized carbons (Fsp3) is 0. The number of fused-ring (bicyclic) bond motifs is 1. The van der Waals surface area contributed by atoms with E-state index in [1.165, 1.54) is 6.08 Å². The molecule has 0 aliphatic carbocycles. The monoisotopic (exact) mass is 471 g/mol. The normalized spacial score (nSPS) is 13.0. The standard InChI is InChI=1S/C22H17FN2O5S2/c23-18-9-10-19(22(14-18)32(24,28)29)25(31(26)27)12-11-15-5-7-16(8-6-15)21-13-17-3-1-2-4-20(17)30-21/h1-14H,(H,26,27)(H2,24,28,29)/p-1. The molecule has 0 fully saturated rings. The first kappa shape index (κ1) is 21.9. The predicted octanol–water partition coefficient (Wildman–Crippen LogP) is 4.16. The zero-order valence-corrected chi connectivity index (χ0v) is 18.0. The smallest absolute Gasteiger partial charge is 0.240 e. The van der Waals surface area contributed by atoms with Crippen LogP contribution >= 0.6 is 0 Å². The van der Waals surface area contributed by atoms with Gasteiger partial charge in [-0.3, -0.25) is 8.51 Å². The van der Waals surface area contributed by atoms with E-state index in [1.54, 1.807) is 12.1 Å². The van der Waals surface area contributed by atoms with Crippen LogP contribution in [0, 0.1) is 5.82 Å². The van der Waals surface area contributed by atoms with Crippen molar-refractivity contribution in [1.29, 1.82) is 0 Å². The molecule has 10 heteroatoms. The molecule has 7 nitrogen and oxygen atoms in total. The predicted molar refractivity (Wildman–Crippen MR) is 120 cm³/mol. The van der Waals surface area contributed by atoms with E-state index in [-0.39, 0.29) is 5.69 Å². The van der Waals surface area contributed by atoms with E-state index in [0.717, 1.165) is 34.9 Å². The minimum absolute atomic E-state index is 0.294. The number of para-hydroxylation sites is 1. The van der Waals surface area contributed by atoms with Crippen LogP contribution in [0.2, 0.25) is 0 Å². The molecule has 1 unspecified atom stereocenters. The van der Waals surface area contributed by atoms with Gasteiger partial charge in [0.1, 0.15) is 22.1 Å². The SMILES string of the molecule is NS(=O)(=O)c1cc(F)ccc1N(C=Cc1ccc(-c2cc3ccccc3o2)cc1)S(=O)[O-]. The molecule has 1 heterocycles. The molecule has 3 aromatic carbocycles. The Labute approximate surface area is 186 Å². The van der Waals surface area contributed by atoms with Gasteiger partial charge in [0.15, 0.2) is 0 Å². The van der Waals surface area contributed by atoms with Gasteiger partial charge in [0.25, 0.3) is 0 Å². The molecule has 32 heavy (non-hydrogen) atoms. The number of sulfonamides is 1. The third-order valence-electron chi connectivity index (χ3n) is 4.65. The summed E-state index contributed by atoms with van der Waals surface area (Å²) in [4.78, 5) is -0.647. The lowest BCUT2D eigenvalue weighted by Crippen LogP contribution is -2.23. The lowest BCUT2D eigenvalue weighted by Gasteiger charge is -2.24. The number of hydrogen-bond donors (Lipinski definition) is 1. The molecule has 1 aromatic heterocycles. The average Bonchev–Trinajstić information content (AvgIpc) is 3.18. The molecular formula is C22H16FN2O5S2-. The molecule has 164 valence electrons. The summed E-state index contributed by atoms with van der Waals surface area (Å²) >= 11 is -2.88. The summed E-state index contributed by atoms with van der Waals surface area (Å²) in [5.41, 5.74) is 1.94. The summed E-state index contributed by atoms with van der Waals surface area (Å²) in [6.07, 6.45) is 2.62. The second-order valence-corrected chi connectivity index (χ2v) is 9.14. The molecule has 0 aliphatic rings. The minimum Gasteiger partial charge on any atom is -0.755 e. The molecule has 0 bridgehead atoms. The Hall–Kier alpha value is -3.31. The quantitative estimate of drug-likeness (QED) is 0.424. The summed E-state index contributed by atoms with van der Waals surface area (Å²) in [5, 5.41) is 6.09. The van der Waals surface area contributed by atoms with Crippen molar-refractivity contribution in [3.63, 3.8) is 0 Å². The number of halogens is 1. The number of rotatable bonds is 6. The van der Waals surface area contributed by atoms with Crippen molar-refractivity contribution in [3.05, 3.63) is 90.4 Å². The molecular weight excluding hydrogens is 455 g/mol. The lowest BCUT2D eigenvalue weighted by molar-refractivity contribution is 0.536. The fourth-order valence-electron chi connectivity index (χ4n) is 3.14. The fourth-order valence-corrected chi connectivity index (χ4v) is 4.42. The van der Waals surface area contributed by atoms with E-state index < -0.39 is 32.0 Å². The number of benzene rings is 3. The number of nitrogens with two attached hydrogens (primary N) is 1. The summed E-state index contributed by atoms with van der Waals surface area (Å²) < 4.78 is 67.1. The van der Waals surface area contributed by atoms with Crippen LogP contribution in [0.1, 0.15) is 5.56 Å². The van der Waals surface area contributed by atoms with Gasteiger partial charge < -0.3 is 8.97 Å². The summed E-state index contributed by atoms with van der Waals surface area (Å²) in [5.74, 6) is -0.173. The summed E-state index contributed by atoms with van der Waals surface area (Å²) in [7, 11) is -4.36. The van der Waals surface area contributed by atoms with Crippen LogP contribution in [-0.4, -0.2) is 17.2 Å². The van der Waals surface area contributed by atoms with Crippen molar-refractivity contribution < 1.29 is 26.0 Å². The molecule has 0 spiro atoms. The summed E-state index contributed by atoms with van der Waals surface area (Å²) in [6.45, 7) is 0. The van der Waals surface area contributed by atoms with Gasteiger partial charge in [-0.15, -0.1) is 0 Å². The molecule has 0 saturated heterocycles. The van der Waals surface area contributed by atoms with Crippen LogP contribution in [-0.2, 0) is 21.3 Å². The largest absolute Gasteiger partial charge is 0.755 e. The minimum atomic E-state index is -4.36. The van der Waals surface area contributed by atoms with Gasteiger partial charge in [0, 0.05) is 17.1 Å². The van der Waals surface area contributed by atoms with Gasteiger partial charge in [0.05, 0.1) is 17.0 Å². The van der Waals surface area contributed by atoms with Crippen LogP contribution in [0.4, 0.5) is 10.1 Å². The van der Waals surface area contributed by atoms with E-state index in [0.29, 0.717) is 21.7 Å². The maximum Gasteiger partial charge on any atom is 0.240 e. The Kier molecular flexibility index (Phi) is 5.94. The molecule has 1 atom stereocenters. The molecule has 4 rings (SSSR count). The number of furan rings is 1. The number of nitrogens with zero attached hydrogens (tertiary/aromatic N) is 1. The Morgan fingerprint density at radius 1 is 1.03 bits per heavy atom. The Morgan fingerprint density at radius 3 is 2.41 bits per heavy atom. The van der Waals surface area contributed by atoms with Gasteiger partial charge in [-0.2, -0.15) is 0 Å². The first-order chi connectivity index (χ1) is 15.2. The van der Waals surface area contributed by atoms with Crippen molar-refractivity contribution >= 4 is 44.0 Å². The zero-order chi connectivity index (χ0) is 22.9. The van der Waals surface area contributed by atoms with Crippen LogP contribution in [0.15, 0.2) is 88.3 Å². The van der Waals surface area contributed by atoms with Crippen molar-refractivity contribution in [2.45, 2.75) is 4.90 Å². The second-order valence-electron chi connectivity index (χ2n) is 6.79. The number of primary sulfonamides is 1. The molecule has 0 amide bonds. The van der Waals surface area contributed by atoms with Gasteiger partial charge >= 0.3 is 0 Å². The molecule has 0 saturated carbocycles. The first-order valence-corrected chi connectivity index (χ1v) is 11.8. The van der Waals surface area contributed by atoms with E-state index in [9.17, 15) is 21.6 Å². The highest BCUT2D eigenvalue weighted by molar-refractivity contribution is 7.89. The highest BCUT2D eigenvalue weighted by Gasteiger charge is 2.19. The number of hydrogen-bond acceptors (Lipinski definition) is 5. The highest BCUT2D eigenvalue weighted by Crippen LogP contribution is 2.29. The maximum absolute atomic E-state index is 13.5. The van der Waals surface area contributed by atoms with Crippen molar-refractivity contribution in [2.75, 3.05) is 4.31 Å². The van der Waals surface area contributed by atoms with E-state index in [2.05, 4.69) is 0 Å². The average molecular weight is 472 g/mol. The van der Waals surface area contributed by atoms with Gasteiger partial charge in [0.2, 0.25) is 10.0 Å². The van der Waals surface area contributed by atoms with Gasteiger partial charge in [-0.05, 0) is 42.0 Å². The Bertz CT molecular complexity index is 1410. The molecule has 2 N–H and O–H groups in total.